The second-order valence-electron chi connectivity index (χ2n) is 9.58. The van der Waals surface area contributed by atoms with Gasteiger partial charge in [-0.2, -0.15) is 0 Å². The molecule has 134 valence electrons. The maximum atomic E-state index is 11.1. The van der Waals surface area contributed by atoms with Crippen LogP contribution in [0.25, 0.3) is 0 Å². The van der Waals surface area contributed by atoms with Crippen LogP contribution in [0.15, 0.2) is 11.6 Å². The molecule has 4 aliphatic carbocycles. The Hall–Kier alpha value is -0.990. The summed E-state index contributed by atoms with van der Waals surface area (Å²) in [5, 5.41) is 0. The van der Waals surface area contributed by atoms with E-state index in [9.17, 15) is 4.79 Å². The third kappa shape index (κ3) is 2.26. The highest BCUT2D eigenvalue weighted by Gasteiger charge is 2.57. The van der Waals surface area contributed by atoms with Crippen molar-refractivity contribution < 1.29 is 9.53 Å². The van der Waals surface area contributed by atoms with Crippen molar-refractivity contribution in [2.45, 2.75) is 78.2 Å². The van der Waals surface area contributed by atoms with Gasteiger partial charge < -0.3 is 10.5 Å². The minimum atomic E-state index is -0.619. The molecule has 0 aromatic rings. The summed E-state index contributed by atoms with van der Waals surface area (Å²) in [5.74, 6) is 3.51. The lowest BCUT2D eigenvalue weighted by molar-refractivity contribution is -0.0482. The highest BCUT2D eigenvalue weighted by Crippen LogP contribution is 2.66. The molecule has 24 heavy (non-hydrogen) atoms. The van der Waals surface area contributed by atoms with Gasteiger partial charge >= 0.3 is 6.09 Å². The first-order valence-electron chi connectivity index (χ1n) is 10.00. The van der Waals surface area contributed by atoms with Gasteiger partial charge in [0.25, 0.3) is 0 Å². The number of amides is 1. The molecule has 3 nitrogen and oxygen atoms in total. The number of nitrogens with two attached hydrogens (primary N) is 1. The Balaban J connectivity index is 1.59. The van der Waals surface area contributed by atoms with Crippen molar-refractivity contribution in [3.05, 3.63) is 11.6 Å². The van der Waals surface area contributed by atoms with E-state index in [2.05, 4.69) is 26.8 Å². The Bertz CT molecular complexity index is 570. The molecule has 3 heteroatoms. The number of hydrogen-bond donors (Lipinski definition) is 1. The van der Waals surface area contributed by atoms with Crippen LogP contribution in [-0.2, 0) is 4.74 Å². The number of carbonyl (C=O) groups excluding carboxylic acids is 1. The molecule has 7 unspecified atom stereocenters. The van der Waals surface area contributed by atoms with Crippen molar-refractivity contribution in [2.24, 2.45) is 40.2 Å². The third-order valence-electron chi connectivity index (χ3n) is 8.82. The number of allylic oxidation sites excluding steroid dienone is 1. The normalized spacial score (nSPS) is 50.3. The highest BCUT2D eigenvalue weighted by molar-refractivity contribution is 5.64. The summed E-state index contributed by atoms with van der Waals surface area (Å²) in [7, 11) is 0. The lowest BCUT2D eigenvalue weighted by Gasteiger charge is -2.58. The van der Waals surface area contributed by atoms with Crippen LogP contribution in [0.3, 0.4) is 0 Å². The monoisotopic (exact) mass is 331 g/mol. The quantitative estimate of drug-likeness (QED) is 0.684. The van der Waals surface area contributed by atoms with Gasteiger partial charge in [-0.3, -0.25) is 0 Å². The highest BCUT2D eigenvalue weighted by atomic mass is 16.6. The van der Waals surface area contributed by atoms with E-state index < -0.39 is 6.09 Å². The van der Waals surface area contributed by atoms with E-state index >= 15 is 0 Å². The van der Waals surface area contributed by atoms with Gasteiger partial charge in [0.05, 0.1) is 0 Å². The number of carbonyl (C=O) groups is 1. The molecule has 2 N–H and O–H groups in total. The number of rotatable bonds is 1. The number of hydrogen-bond acceptors (Lipinski definition) is 2. The molecule has 0 saturated heterocycles. The molecular weight excluding hydrogens is 298 g/mol. The van der Waals surface area contributed by atoms with Gasteiger partial charge in [-0.15, -0.1) is 0 Å². The maximum absolute atomic E-state index is 11.1. The zero-order chi connectivity index (χ0) is 17.1. The van der Waals surface area contributed by atoms with Crippen molar-refractivity contribution in [1.29, 1.82) is 0 Å². The molecule has 0 radical (unpaired) electrons. The standard InChI is InChI=1S/C21H33NO2/c1-13-4-7-17-16-6-5-14-12-15(24-19(22)23)8-10-21(14,3)18(16)9-11-20(13,17)2/h5,13,15-18H,4,6-12H2,1-3H3,(H2,22,23). The van der Waals surface area contributed by atoms with Gasteiger partial charge in [-0.05, 0) is 79.4 Å². The van der Waals surface area contributed by atoms with E-state index in [1.165, 1.54) is 32.1 Å². The Kier molecular flexibility index (Phi) is 3.78. The molecule has 3 fully saturated rings. The van der Waals surface area contributed by atoms with Crippen LogP contribution in [0.4, 0.5) is 4.79 Å². The molecule has 0 heterocycles. The van der Waals surface area contributed by atoms with Gasteiger partial charge in [-0.1, -0.05) is 32.4 Å². The van der Waals surface area contributed by atoms with Crippen molar-refractivity contribution in [1.82, 2.24) is 0 Å². The topological polar surface area (TPSA) is 52.3 Å². The molecule has 0 aromatic heterocycles. The summed E-state index contributed by atoms with van der Waals surface area (Å²) < 4.78 is 5.32. The van der Waals surface area contributed by atoms with E-state index in [4.69, 9.17) is 10.5 Å². The van der Waals surface area contributed by atoms with E-state index in [0.29, 0.717) is 10.8 Å². The molecule has 0 spiro atoms. The summed E-state index contributed by atoms with van der Waals surface area (Å²) in [6, 6.07) is 0. The summed E-state index contributed by atoms with van der Waals surface area (Å²) in [6.07, 6.45) is 11.8. The van der Waals surface area contributed by atoms with Crippen molar-refractivity contribution in [3.8, 4) is 0 Å². The summed E-state index contributed by atoms with van der Waals surface area (Å²) >= 11 is 0. The smallest absolute Gasteiger partial charge is 0.404 e. The second-order valence-corrected chi connectivity index (χ2v) is 9.58. The maximum Gasteiger partial charge on any atom is 0.404 e. The van der Waals surface area contributed by atoms with Gasteiger partial charge in [0.1, 0.15) is 6.10 Å². The lowest BCUT2D eigenvalue weighted by atomic mass is 9.47. The SMILES string of the molecule is CC1CCC2C3CC=C4CC(OC(N)=O)CCC4(C)C3CCC12C. The minimum Gasteiger partial charge on any atom is -0.446 e. The van der Waals surface area contributed by atoms with Crippen molar-refractivity contribution in [3.63, 3.8) is 0 Å². The van der Waals surface area contributed by atoms with Crippen LogP contribution in [0.1, 0.15) is 72.1 Å². The number of primary amides is 1. The Morgan fingerprint density at radius 3 is 2.71 bits per heavy atom. The first-order valence-corrected chi connectivity index (χ1v) is 10.00. The average molecular weight is 332 g/mol. The predicted octanol–water partition coefficient (Wildman–Crippen LogP) is 5.05. The Morgan fingerprint density at radius 1 is 1.17 bits per heavy atom. The van der Waals surface area contributed by atoms with Crippen LogP contribution in [0.2, 0.25) is 0 Å². The lowest BCUT2D eigenvalue weighted by Crippen LogP contribution is -2.50. The molecule has 3 saturated carbocycles. The van der Waals surface area contributed by atoms with E-state index in [0.717, 1.165) is 42.9 Å². The Labute approximate surface area is 146 Å². The molecule has 0 aliphatic heterocycles. The fourth-order valence-corrected chi connectivity index (χ4v) is 7.16. The summed E-state index contributed by atoms with van der Waals surface area (Å²) in [4.78, 5) is 11.1. The van der Waals surface area contributed by atoms with Crippen LogP contribution in [0, 0.1) is 34.5 Å². The summed E-state index contributed by atoms with van der Waals surface area (Å²) in [5.41, 5.74) is 7.69. The van der Waals surface area contributed by atoms with Crippen molar-refractivity contribution >= 4 is 6.09 Å². The molecule has 4 aliphatic rings. The Morgan fingerprint density at radius 2 is 1.96 bits per heavy atom. The fourth-order valence-electron chi connectivity index (χ4n) is 7.16. The van der Waals surface area contributed by atoms with E-state index in [1.807, 2.05) is 0 Å². The van der Waals surface area contributed by atoms with Gasteiger partial charge in [0.2, 0.25) is 0 Å². The van der Waals surface area contributed by atoms with Crippen LogP contribution in [-0.4, -0.2) is 12.2 Å². The predicted molar refractivity (Wildman–Crippen MR) is 95.3 cm³/mol. The van der Waals surface area contributed by atoms with E-state index in [-0.39, 0.29) is 6.10 Å². The minimum absolute atomic E-state index is 0.00117. The first-order chi connectivity index (χ1) is 11.3. The van der Waals surface area contributed by atoms with Crippen molar-refractivity contribution in [2.75, 3.05) is 0 Å². The van der Waals surface area contributed by atoms with Crippen LogP contribution < -0.4 is 5.73 Å². The van der Waals surface area contributed by atoms with Gasteiger partial charge in [-0.25, -0.2) is 4.79 Å². The molecule has 0 bridgehead atoms. The third-order valence-corrected chi connectivity index (χ3v) is 8.82. The molecule has 0 aromatic carbocycles. The summed E-state index contributed by atoms with van der Waals surface area (Å²) in [6.45, 7) is 7.56. The number of fused-ring (bicyclic) bond motifs is 5. The molecule has 1 amide bonds. The second kappa shape index (κ2) is 5.51. The number of ether oxygens (including phenoxy) is 1. The molecule has 7 atom stereocenters. The van der Waals surface area contributed by atoms with E-state index in [1.54, 1.807) is 5.57 Å². The first kappa shape index (κ1) is 16.5. The van der Waals surface area contributed by atoms with Gasteiger partial charge in [0, 0.05) is 6.42 Å². The molecule has 4 rings (SSSR count). The fraction of sp³-hybridized carbons (Fsp3) is 0.857. The largest absolute Gasteiger partial charge is 0.446 e. The van der Waals surface area contributed by atoms with Crippen LogP contribution >= 0.6 is 0 Å². The van der Waals surface area contributed by atoms with Crippen LogP contribution in [0.5, 0.6) is 0 Å². The average Bonchev–Trinajstić information content (AvgIpc) is 2.83. The zero-order valence-electron chi connectivity index (χ0n) is 15.5. The molecular formula is C21H33NO2. The van der Waals surface area contributed by atoms with Gasteiger partial charge in [0.15, 0.2) is 0 Å². The zero-order valence-corrected chi connectivity index (χ0v) is 15.5.